The standard InChI is InChI=1S/C14H24N2/c1-2-3-4-5-14(16-15)10-13-9-11-6-7-12(13)8-11/h1,11-14,16H,3-10,15H2. The molecule has 2 aliphatic carbocycles. The molecule has 2 bridgehead atoms. The number of rotatable bonds is 6. The smallest absolute Gasteiger partial charge is 0.0213 e. The number of nitrogens with two attached hydrogens (primary N) is 1. The lowest BCUT2D eigenvalue weighted by molar-refractivity contribution is 0.271. The molecule has 2 fully saturated rings. The van der Waals surface area contributed by atoms with Gasteiger partial charge in [-0.1, -0.05) is 6.42 Å². The molecule has 90 valence electrons. The highest BCUT2D eigenvalue weighted by molar-refractivity contribution is 4.91. The molecule has 2 saturated carbocycles. The Morgan fingerprint density at radius 2 is 2.25 bits per heavy atom. The summed E-state index contributed by atoms with van der Waals surface area (Å²) in [4.78, 5) is 0. The van der Waals surface area contributed by atoms with Crippen LogP contribution in [0.5, 0.6) is 0 Å². The largest absolute Gasteiger partial charge is 0.271 e. The van der Waals surface area contributed by atoms with Crippen LogP contribution in [-0.2, 0) is 0 Å². The molecule has 0 spiro atoms. The van der Waals surface area contributed by atoms with Gasteiger partial charge in [-0.2, -0.15) is 0 Å². The fourth-order valence-corrected chi connectivity index (χ4v) is 3.75. The molecule has 0 saturated heterocycles. The zero-order chi connectivity index (χ0) is 11.4. The first-order chi connectivity index (χ1) is 7.83. The van der Waals surface area contributed by atoms with Crippen molar-refractivity contribution in [3.63, 3.8) is 0 Å². The van der Waals surface area contributed by atoms with Gasteiger partial charge >= 0.3 is 0 Å². The minimum atomic E-state index is 0.484. The van der Waals surface area contributed by atoms with E-state index in [9.17, 15) is 0 Å². The Morgan fingerprint density at radius 1 is 1.38 bits per heavy atom. The highest BCUT2D eigenvalue weighted by atomic mass is 15.2. The van der Waals surface area contributed by atoms with Crippen LogP contribution in [0.25, 0.3) is 0 Å². The summed E-state index contributed by atoms with van der Waals surface area (Å²) in [6.45, 7) is 0. The van der Waals surface area contributed by atoms with Gasteiger partial charge in [-0.05, 0) is 56.3 Å². The molecule has 16 heavy (non-hydrogen) atoms. The summed E-state index contributed by atoms with van der Waals surface area (Å²) in [6, 6.07) is 0.484. The summed E-state index contributed by atoms with van der Waals surface area (Å²) in [5.41, 5.74) is 2.98. The second-order valence-electron chi connectivity index (χ2n) is 5.63. The predicted octanol–water partition coefficient (Wildman–Crippen LogP) is 2.45. The number of hydrazine groups is 1. The Bertz CT molecular complexity index is 256. The maximum Gasteiger partial charge on any atom is 0.0213 e. The molecule has 0 aliphatic heterocycles. The van der Waals surface area contributed by atoms with Crippen molar-refractivity contribution >= 4 is 0 Å². The lowest BCUT2D eigenvalue weighted by atomic mass is 9.83. The van der Waals surface area contributed by atoms with E-state index in [1.54, 1.807) is 0 Å². The number of unbranched alkanes of at least 4 members (excludes halogenated alkanes) is 1. The topological polar surface area (TPSA) is 38.0 Å². The quantitative estimate of drug-likeness (QED) is 0.312. The van der Waals surface area contributed by atoms with Gasteiger partial charge < -0.3 is 0 Å². The van der Waals surface area contributed by atoms with Gasteiger partial charge in [-0.3, -0.25) is 11.3 Å². The normalized spacial score (nSPS) is 33.9. The van der Waals surface area contributed by atoms with Crippen LogP contribution in [0.2, 0.25) is 0 Å². The number of terminal acetylenes is 1. The van der Waals surface area contributed by atoms with Crippen molar-refractivity contribution < 1.29 is 0 Å². The van der Waals surface area contributed by atoms with Crippen molar-refractivity contribution in [3.05, 3.63) is 0 Å². The number of fused-ring (bicyclic) bond motifs is 2. The van der Waals surface area contributed by atoms with Gasteiger partial charge in [0.05, 0.1) is 0 Å². The second kappa shape index (κ2) is 5.70. The number of hydrogen-bond acceptors (Lipinski definition) is 2. The highest BCUT2D eigenvalue weighted by Gasteiger charge is 2.39. The van der Waals surface area contributed by atoms with E-state index in [1.807, 2.05) is 0 Å². The molecule has 3 N–H and O–H groups in total. The fraction of sp³-hybridized carbons (Fsp3) is 0.857. The summed E-state index contributed by atoms with van der Waals surface area (Å²) in [7, 11) is 0. The number of hydrogen-bond donors (Lipinski definition) is 2. The molecule has 4 unspecified atom stereocenters. The van der Waals surface area contributed by atoms with E-state index in [-0.39, 0.29) is 0 Å². The summed E-state index contributed by atoms with van der Waals surface area (Å²) in [5.74, 6) is 11.3. The maximum atomic E-state index is 5.63. The molecule has 2 heteroatoms. The first-order valence-electron chi connectivity index (χ1n) is 6.73. The molecular formula is C14H24N2. The molecule has 2 rings (SSSR count). The zero-order valence-electron chi connectivity index (χ0n) is 10.1. The van der Waals surface area contributed by atoms with E-state index >= 15 is 0 Å². The van der Waals surface area contributed by atoms with Gasteiger partial charge in [0.1, 0.15) is 0 Å². The van der Waals surface area contributed by atoms with Crippen LogP contribution in [-0.4, -0.2) is 6.04 Å². The summed E-state index contributed by atoms with van der Waals surface area (Å²) in [6.07, 6.45) is 15.6. The second-order valence-corrected chi connectivity index (χ2v) is 5.63. The third kappa shape index (κ3) is 2.78. The molecule has 0 heterocycles. The molecule has 0 aromatic heterocycles. The monoisotopic (exact) mass is 220 g/mol. The van der Waals surface area contributed by atoms with Gasteiger partial charge in [0.15, 0.2) is 0 Å². The average Bonchev–Trinajstić information content (AvgIpc) is 2.89. The Morgan fingerprint density at radius 3 is 2.81 bits per heavy atom. The van der Waals surface area contributed by atoms with E-state index in [0.29, 0.717) is 6.04 Å². The van der Waals surface area contributed by atoms with Crippen molar-refractivity contribution in [3.8, 4) is 12.3 Å². The molecule has 2 nitrogen and oxygen atoms in total. The Balaban J connectivity index is 1.72. The van der Waals surface area contributed by atoms with Gasteiger partial charge in [0, 0.05) is 12.5 Å². The molecular weight excluding hydrogens is 196 g/mol. The van der Waals surface area contributed by atoms with Gasteiger partial charge in [-0.15, -0.1) is 12.3 Å². The third-order valence-electron chi connectivity index (χ3n) is 4.58. The van der Waals surface area contributed by atoms with Crippen LogP contribution < -0.4 is 11.3 Å². The van der Waals surface area contributed by atoms with Crippen LogP contribution in [0.4, 0.5) is 0 Å². The van der Waals surface area contributed by atoms with Crippen molar-refractivity contribution in [2.24, 2.45) is 23.6 Å². The van der Waals surface area contributed by atoms with Crippen LogP contribution in [0.15, 0.2) is 0 Å². The lowest BCUT2D eigenvalue weighted by Crippen LogP contribution is -2.37. The van der Waals surface area contributed by atoms with E-state index in [0.717, 1.165) is 37.0 Å². The molecule has 0 aromatic rings. The van der Waals surface area contributed by atoms with Gasteiger partial charge in [0.2, 0.25) is 0 Å². The summed E-state index contributed by atoms with van der Waals surface area (Å²) >= 11 is 0. The Hall–Kier alpha value is -0.520. The first-order valence-corrected chi connectivity index (χ1v) is 6.73. The van der Waals surface area contributed by atoms with E-state index < -0.39 is 0 Å². The SMILES string of the molecule is C#CCCCC(CC1CC2CCC1C2)NN. The third-order valence-corrected chi connectivity index (χ3v) is 4.58. The number of nitrogens with one attached hydrogen (secondary N) is 1. The maximum absolute atomic E-state index is 5.63. The van der Waals surface area contributed by atoms with Crippen molar-refractivity contribution in [2.45, 2.75) is 57.4 Å². The summed E-state index contributed by atoms with van der Waals surface area (Å²) < 4.78 is 0. The predicted molar refractivity (Wildman–Crippen MR) is 67.4 cm³/mol. The highest BCUT2D eigenvalue weighted by Crippen LogP contribution is 2.49. The zero-order valence-corrected chi connectivity index (χ0v) is 10.1. The van der Waals surface area contributed by atoms with E-state index in [2.05, 4.69) is 11.3 Å². The molecule has 0 amide bonds. The van der Waals surface area contributed by atoms with Crippen LogP contribution in [0.3, 0.4) is 0 Å². The molecule has 0 aromatic carbocycles. The fourth-order valence-electron chi connectivity index (χ4n) is 3.75. The van der Waals surface area contributed by atoms with Crippen molar-refractivity contribution in [1.82, 2.24) is 5.43 Å². The molecule has 0 radical (unpaired) electrons. The Kier molecular flexibility index (Phi) is 4.26. The van der Waals surface area contributed by atoms with Gasteiger partial charge in [-0.25, -0.2) is 0 Å². The van der Waals surface area contributed by atoms with E-state index in [4.69, 9.17) is 12.3 Å². The van der Waals surface area contributed by atoms with Gasteiger partial charge in [0.25, 0.3) is 0 Å². The minimum absolute atomic E-state index is 0.484. The van der Waals surface area contributed by atoms with Crippen molar-refractivity contribution in [2.75, 3.05) is 0 Å². The Labute approximate surface area is 99.3 Å². The lowest BCUT2D eigenvalue weighted by Gasteiger charge is -2.26. The molecule has 2 aliphatic rings. The van der Waals surface area contributed by atoms with Crippen LogP contribution in [0.1, 0.15) is 51.4 Å². The molecule has 4 atom stereocenters. The minimum Gasteiger partial charge on any atom is -0.271 e. The van der Waals surface area contributed by atoms with Crippen molar-refractivity contribution in [1.29, 1.82) is 0 Å². The van der Waals surface area contributed by atoms with Crippen LogP contribution in [0, 0.1) is 30.1 Å². The average molecular weight is 220 g/mol. The summed E-state index contributed by atoms with van der Waals surface area (Å²) in [5, 5.41) is 0. The van der Waals surface area contributed by atoms with Crippen LogP contribution >= 0.6 is 0 Å². The van der Waals surface area contributed by atoms with E-state index in [1.165, 1.54) is 32.1 Å². The first kappa shape index (κ1) is 12.0.